The Bertz CT molecular complexity index is 1300. The molecule has 2 amide bonds. The van der Waals surface area contributed by atoms with Crippen LogP contribution in [0.15, 0.2) is 60.3 Å². The summed E-state index contributed by atoms with van der Waals surface area (Å²) in [6.07, 6.45) is 7.87. The molecule has 162 valence electrons. The minimum Gasteiger partial charge on any atom is -0.352 e. The molecule has 0 fully saturated rings. The summed E-state index contributed by atoms with van der Waals surface area (Å²) in [5, 5.41) is 6.41. The van der Waals surface area contributed by atoms with Gasteiger partial charge in [-0.3, -0.25) is 9.59 Å². The van der Waals surface area contributed by atoms with Gasteiger partial charge in [-0.1, -0.05) is 25.1 Å². The molecule has 2 aromatic heterocycles. The van der Waals surface area contributed by atoms with Crippen LogP contribution in [-0.4, -0.2) is 28.3 Å². The second-order valence-corrected chi connectivity index (χ2v) is 7.98. The normalized spacial score (nSPS) is 18.1. The summed E-state index contributed by atoms with van der Waals surface area (Å²) in [5.41, 5.74) is 5.07. The molecule has 0 radical (unpaired) electrons. The van der Waals surface area contributed by atoms with Gasteiger partial charge in [-0.2, -0.15) is 0 Å². The summed E-state index contributed by atoms with van der Waals surface area (Å²) >= 11 is 0. The van der Waals surface area contributed by atoms with Crippen molar-refractivity contribution in [3.05, 3.63) is 77.0 Å². The molecule has 0 saturated carbocycles. The Morgan fingerprint density at radius 2 is 2.16 bits per heavy atom. The van der Waals surface area contributed by atoms with Gasteiger partial charge in [0.2, 0.25) is 0 Å². The fourth-order valence-electron chi connectivity index (χ4n) is 4.02. The first-order chi connectivity index (χ1) is 15.0. The highest BCUT2D eigenvalue weighted by Gasteiger charge is 2.19. The molecule has 0 saturated heterocycles. The molecule has 7 heteroatoms. The lowest BCUT2D eigenvalue weighted by Gasteiger charge is -2.17. The van der Waals surface area contributed by atoms with Crippen molar-refractivity contribution < 1.29 is 18.3 Å². The van der Waals surface area contributed by atoms with Crippen molar-refractivity contribution in [1.82, 2.24) is 20.6 Å². The van der Waals surface area contributed by atoms with Crippen LogP contribution in [0, 0.1) is 5.92 Å². The van der Waals surface area contributed by atoms with E-state index in [1.54, 1.807) is 13.0 Å². The number of hydrogen-bond donors (Lipinski definition) is 3. The van der Waals surface area contributed by atoms with E-state index in [1.165, 1.54) is 12.3 Å². The molecule has 1 aliphatic carbocycles. The fraction of sp³-hybridized carbons (Fsp3) is 0.208. The van der Waals surface area contributed by atoms with Gasteiger partial charge in [0, 0.05) is 51.3 Å². The van der Waals surface area contributed by atoms with E-state index in [0.29, 0.717) is 35.4 Å². The maximum absolute atomic E-state index is 13.9. The number of amides is 2. The Labute approximate surface area is 182 Å². The third-order valence-corrected chi connectivity index (χ3v) is 5.85. The van der Waals surface area contributed by atoms with E-state index in [2.05, 4.69) is 20.6 Å². The number of carbonyl (C=O) groups is 2. The second-order valence-electron chi connectivity index (χ2n) is 7.98. The Morgan fingerprint density at radius 1 is 1.29 bits per heavy atom. The van der Waals surface area contributed by atoms with E-state index < -0.39 is 0 Å². The van der Waals surface area contributed by atoms with Crippen LogP contribution in [0.25, 0.3) is 22.2 Å². The fourth-order valence-corrected chi connectivity index (χ4v) is 4.02. The molecule has 3 aromatic rings. The maximum Gasteiger partial charge on any atom is 0.257 e. The molecule has 6 nitrogen and oxygen atoms in total. The quantitative estimate of drug-likeness (QED) is 0.569. The predicted molar refractivity (Wildman–Crippen MR) is 122 cm³/mol. The van der Waals surface area contributed by atoms with E-state index in [0.717, 1.165) is 28.5 Å². The van der Waals surface area contributed by atoms with Crippen molar-refractivity contribution in [3.63, 3.8) is 0 Å². The van der Waals surface area contributed by atoms with Crippen LogP contribution < -0.4 is 10.6 Å². The third-order valence-electron chi connectivity index (χ3n) is 5.85. The average Bonchev–Trinajstić information content (AvgIpc) is 3.19. The summed E-state index contributed by atoms with van der Waals surface area (Å²) < 4.78 is 13.9. The number of aromatic nitrogens is 2. The lowest BCUT2D eigenvalue weighted by Crippen LogP contribution is -2.31. The molecular weight excluding hydrogens is 395 g/mol. The number of hydrogen-bond acceptors (Lipinski definition) is 3. The number of H-pyrrole nitrogens is 1. The van der Waals surface area contributed by atoms with E-state index in [4.69, 9.17) is 0 Å². The van der Waals surface area contributed by atoms with Crippen molar-refractivity contribution in [2.75, 3.05) is 6.54 Å². The Hall–Kier alpha value is -3.74. The second kappa shape index (κ2) is 7.50. The summed E-state index contributed by atoms with van der Waals surface area (Å²) in [6.45, 7) is 2.43. The zero-order valence-electron chi connectivity index (χ0n) is 17.0. The lowest BCUT2D eigenvalue weighted by atomic mass is 9.95. The number of benzene rings is 1. The summed E-state index contributed by atoms with van der Waals surface area (Å²) in [5.74, 6) is -0.790. The van der Waals surface area contributed by atoms with E-state index in [-0.39, 0.29) is 27.8 Å². The van der Waals surface area contributed by atoms with Crippen LogP contribution in [0.2, 0.25) is 0 Å². The number of aromatic amines is 1. The van der Waals surface area contributed by atoms with Gasteiger partial charge in [0.1, 0.15) is 11.5 Å². The molecule has 3 N–H and O–H groups in total. The molecule has 1 unspecified atom stereocenters. The smallest absolute Gasteiger partial charge is 0.257 e. The zero-order valence-corrected chi connectivity index (χ0v) is 17.0. The Morgan fingerprint density at radius 3 is 3.00 bits per heavy atom. The minimum absolute atomic E-state index is 0. The first-order valence-corrected chi connectivity index (χ1v) is 10.3. The zero-order chi connectivity index (χ0) is 21.5. The van der Waals surface area contributed by atoms with Gasteiger partial charge in [-0.05, 0) is 42.2 Å². The highest BCUT2D eigenvalue weighted by atomic mass is 19.1. The van der Waals surface area contributed by atoms with Gasteiger partial charge in [0.05, 0.1) is 5.56 Å². The number of allylic oxidation sites excluding steroid dienone is 3. The van der Waals surface area contributed by atoms with E-state index >= 15 is 0 Å². The molecule has 1 atom stereocenters. The topological polar surface area (TPSA) is 86.9 Å². The third kappa shape index (κ3) is 3.52. The molecule has 31 heavy (non-hydrogen) atoms. The van der Waals surface area contributed by atoms with Gasteiger partial charge in [-0.15, -0.1) is 0 Å². The number of halogens is 1. The SMILES string of the molecule is CC1CC=C(NC(=O)c2cnc3[nH]cc(-c4ccc5c(c4)CCNC5=O)c3c2)C=C1F.[HH].[HH].[HH]. The number of pyridine rings is 1. The van der Waals surface area contributed by atoms with Gasteiger partial charge < -0.3 is 15.6 Å². The van der Waals surface area contributed by atoms with Crippen molar-refractivity contribution >= 4 is 22.8 Å². The summed E-state index contributed by atoms with van der Waals surface area (Å²) in [6, 6.07) is 7.53. The van der Waals surface area contributed by atoms with Gasteiger partial charge in [0.15, 0.2) is 0 Å². The van der Waals surface area contributed by atoms with Crippen molar-refractivity contribution in [2.45, 2.75) is 19.8 Å². The molecule has 0 bridgehead atoms. The largest absolute Gasteiger partial charge is 0.352 e. The van der Waals surface area contributed by atoms with Crippen LogP contribution in [-0.2, 0) is 6.42 Å². The number of carbonyl (C=O) groups excluding carboxylic acids is 2. The molecule has 3 heterocycles. The maximum atomic E-state index is 13.9. The number of nitrogens with zero attached hydrogens (tertiary/aromatic N) is 1. The van der Waals surface area contributed by atoms with Crippen LogP contribution in [0.5, 0.6) is 0 Å². The predicted octanol–water partition coefficient (Wildman–Crippen LogP) is 4.76. The molecule has 0 spiro atoms. The van der Waals surface area contributed by atoms with E-state index in [9.17, 15) is 14.0 Å². The number of fused-ring (bicyclic) bond motifs is 2. The van der Waals surface area contributed by atoms with Crippen LogP contribution in [0.4, 0.5) is 4.39 Å². The highest BCUT2D eigenvalue weighted by molar-refractivity contribution is 6.02. The van der Waals surface area contributed by atoms with Gasteiger partial charge in [0.25, 0.3) is 11.8 Å². The Balaban J connectivity index is 0.00000136. The van der Waals surface area contributed by atoms with Crippen LogP contribution in [0.1, 0.15) is 43.9 Å². The highest BCUT2D eigenvalue weighted by Crippen LogP contribution is 2.31. The minimum atomic E-state index is -0.339. The van der Waals surface area contributed by atoms with Gasteiger partial charge >= 0.3 is 0 Å². The molecular formula is C24H27FN4O2. The first kappa shape index (κ1) is 19.2. The van der Waals surface area contributed by atoms with E-state index in [1.807, 2.05) is 30.5 Å². The monoisotopic (exact) mass is 422 g/mol. The lowest BCUT2D eigenvalue weighted by molar-refractivity contribution is 0.0943. The average molecular weight is 423 g/mol. The van der Waals surface area contributed by atoms with Gasteiger partial charge in [-0.25, -0.2) is 9.37 Å². The number of rotatable bonds is 3. The Kier molecular flexibility index (Phi) is 4.66. The van der Waals surface area contributed by atoms with Crippen molar-refractivity contribution in [2.24, 2.45) is 5.92 Å². The van der Waals surface area contributed by atoms with Crippen LogP contribution >= 0.6 is 0 Å². The number of nitrogens with one attached hydrogen (secondary N) is 3. The molecule has 1 aliphatic heterocycles. The molecule has 1 aromatic carbocycles. The standard InChI is InChI=1S/C24H21FN4O2.3H2/c1-13-2-4-17(10-21(13)25)29-23(30)16-9-19-20(12-28-22(19)27-11-16)14-3-5-18-15(8-14)6-7-26-24(18)31;;;/h3-5,8-13H,2,6-7H2,1H3,(H,26,31)(H,27,28)(H,29,30);3*1H. The summed E-state index contributed by atoms with van der Waals surface area (Å²) in [7, 11) is 0. The molecule has 5 rings (SSSR count). The van der Waals surface area contributed by atoms with Crippen molar-refractivity contribution in [1.29, 1.82) is 0 Å². The van der Waals surface area contributed by atoms with Crippen molar-refractivity contribution in [3.8, 4) is 11.1 Å². The van der Waals surface area contributed by atoms with Crippen LogP contribution in [0.3, 0.4) is 0 Å². The first-order valence-electron chi connectivity index (χ1n) is 10.3. The molecule has 2 aliphatic rings. The summed E-state index contributed by atoms with van der Waals surface area (Å²) in [4.78, 5) is 32.3.